The van der Waals surface area contributed by atoms with Crippen LogP contribution in [0.1, 0.15) is 6.42 Å². The zero-order valence-electron chi connectivity index (χ0n) is 11.3. The molecule has 0 aliphatic carbocycles. The fourth-order valence-corrected chi connectivity index (χ4v) is 2.69. The molecule has 1 fully saturated rings. The van der Waals surface area contributed by atoms with Crippen LogP contribution in [0.3, 0.4) is 0 Å². The van der Waals surface area contributed by atoms with Gasteiger partial charge < -0.3 is 15.5 Å². The van der Waals surface area contributed by atoms with Crippen molar-refractivity contribution in [1.82, 2.24) is 10.2 Å². The molecule has 0 spiro atoms. The first-order chi connectivity index (χ1) is 8.78. The maximum Gasteiger partial charge on any atom is 0.0340 e. The molecule has 0 amide bonds. The monoisotopic (exact) mass is 265 g/mol. The molecule has 0 radical (unpaired) electrons. The summed E-state index contributed by atoms with van der Waals surface area (Å²) >= 11 is 1.78. The van der Waals surface area contributed by atoms with Crippen LogP contribution in [-0.4, -0.2) is 50.4 Å². The van der Waals surface area contributed by atoms with Gasteiger partial charge in [-0.3, -0.25) is 0 Å². The summed E-state index contributed by atoms with van der Waals surface area (Å²) in [6, 6.07) is 9.28. The second-order valence-corrected chi connectivity index (χ2v) is 5.74. The average Bonchev–Trinajstić information content (AvgIpc) is 2.40. The predicted molar refractivity (Wildman–Crippen MR) is 80.6 cm³/mol. The fraction of sp³-hybridized carbons (Fsp3) is 0.571. The topological polar surface area (TPSA) is 27.3 Å². The Bertz CT molecular complexity index is 353. The molecule has 2 N–H and O–H groups in total. The number of hydrogen-bond acceptors (Lipinski definition) is 4. The van der Waals surface area contributed by atoms with Crippen molar-refractivity contribution in [1.29, 1.82) is 0 Å². The highest BCUT2D eigenvalue weighted by molar-refractivity contribution is 7.98. The molecule has 3 nitrogen and oxygen atoms in total. The summed E-state index contributed by atoms with van der Waals surface area (Å²) in [5.41, 5.74) is 1.22. The van der Waals surface area contributed by atoms with Crippen LogP contribution < -0.4 is 10.6 Å². The van der Waals surface area contributed by atoms with Gasteiger partial charge in [0, 0.05) is 42.8 Å². The highest BCUT2D eigenvalue weighted by Crippen LogP contribution is 2.17. The Balaban J connectivity index is 1.70. The van der Waals surface area contributed by atoms with Gasteiger partial charge in [-0.05, 0) is 44.0 Å². The summed E-state index contributed by atoms with van der Waals surface area (Å²) < 4.78 is 0. The minimum Gasteiger partial charge on any atom is -0.385 e. The molecule has 1 heterocycles. The molecule has 1 aliphatic rings. The van der Waals surface area contributed by atoms with Crippen LogP contribution in [0.25, 0.3) is 0 Å². The van der Waals surface area contributed by atoms with E-state index < -0.39 is 0 Å². The molecule has 4 heteroatoms. The van der Waals surface area contributed by atoms with E-state index in [1.807, 2.05) is 0 Å². The highest BCUT2D eigenvalue weighted by Gasteiger charge is 2.15. The minimum atomic E-state index is 0.627. The van der Waals surface area contributed by atoms with Crippen molar-refractivity contribution in [3.8, 4) is 0 Å². The second kappa shape index (κ2) is 7.02. The number of nitrogens with zero attached hydrogens (tertiary/aromatic N) is 1. The van der Waals surface area contributed by atoms with E-state index in [1.165, 1.54) is 23.5 Å². The molecule has 0 saturated carbocycles. The van der Waals surface area contributed by atoms with Crippen molar-refractivity contribution in [2.45, 2.75) is 17.4 Å². The molecule has 0 aromatic heterocycles. The Kier molecular flexibility index (Phi) is 5.35. The minimum absolute atomic E-state index is 0.627. The SMILES string of the molecule is CSc1ccc(NCCC2CN(C)CCN2)cc1. The van der Waals surface area contributed by atoms with Crippen molar-refractivity contribution >= 4 is 17.4 Å². The molecule has 1 aromatic carbocycles. The van der Waals surface area contributed by atoms with Crippen LogP contribution >= 0.6 is 11.8 Å². The van der Waals surface area contributed by atoms with Crippen molar-refractivity contribution in [3.63, 3.8) is 0 Å². The van der Waals surface area contributed by atoms with Gasteiger partial charge >= 0.3 is 0 Å². The summed E-state index contributed by atoms with van der Waals surface area (Å²) in [6.45, 7) is 4.47. The standard InChI is InChI=1S/C14H23N3S/c1-17-10-9-16-13(11-17)7-8-15-12-3-5-14(18-2)6-4-12/h3-6,13,15-16H,7-11H2,1-2H3. The summed E-state index contributed by atoms with van der Waals surface area (Å²) in [5.74, 6) is 0. The maximum atomic E-state index is 3.57. The second-order valence-electron chi connectivity index (χ2n) is 4.86. The van der Waals surface area contributed by atoms with Gasteiger partial charge in [0.25, 0.3) is 0 Å². The van der Waals surface area contributed by atoms with E-state index in [4.69, 9.17) is 0 Å². The van der Waals surface area contributed by atoms with Crippen molar-refractivity contribution < 1.29 is 0 Å². The molecule has 0 bridgehead atoms. The summed E-state index contributed by atoms with van der Waals surface area (Å²) in [5, 5.41) is 7.06. The lowest BCUT2D eigenvalue weighted by Crippen LogP contribution is -2.49. The van der Waals surface area contributed by atoms with Crippen LogP contribution in [0.5, 0.6) is 0 Å². The quantitative estimate of drug-likeness (QED) is 0.798. The van der Waals surface area contributed by atoms with Crippen molar-refractivity contribution in [3.05, 3.63) is 24.3 Å². The van der Waals surface area contributed by atoms with E-state index in [9.17, 15) is 0 Å². The Morgan fingerprint density at radius 3 is 2.83 bits per heavy atom. The van der Waals surface area contributed by atoms with Gasteiger partial charge in [0.2, 0.25) is 0 Å². The first-order valence-electron chi connectivity index (χ1n) is 6.58. The van der Waals surface area contributed by atoms with E-state index >= 15 is 0 Å². The van der Waals surface area contributed by atoms with Gasteiger partial charge in [-0.15, -0.1) is 11.8 Å². The van der Waals surface area contributed by atoms with Gasteiger partial charge in [-0.1, -0.05) is 0 Å². The average molecular weight is 265 g/mol. The zero-order chi connectivity index (χ0) is 12.8. The van der Waals surface area contributed by atoms with Crippen molar-refractivity contribution in [2.24, 2.45) is 0 Å². The van der Waals surface area contributed by atoms with E-state index in [2.05, 4.69) is 53.1 Å². The van der Waals surface area contributed by atoms with Gasteiger partial charge in [0.1, 0.15) is 0 Å². The lowest BCUT2D eigenvalue weighted by molar-refractivity contribution is 0.234. The van der Waals surface area contributed by atoms with Gasteiger partial charge in [0.15, 0.2) is 0 Å². The number of nitrogens with one attached hydrogen (secondary N) is 2. The molecule has 1 unspecified atom stereocenters. The smallest absolute Gasteiger partial charge is 0.0340 e. The largest absolute Gasteiger partial charge is 0.385 e. The summed E-state index contributed by atoms with van der Waals surface area (Å²) in [6.07, 6.45) is 3.28. The Labute approximate surface area is 114 Å². The lowest BCUT2D eigenvalue weighted by atomic mass is 10.1. The van der Waals surface area contributed by atoms with Crippen LogP contribution in [0.15, 0.2) is 29.2 Å². The Morgan fingerprint density at radius 1 is 1.39 bits per heavy atom. The summed E-state index contributed by atoms with van der Waals surface area (Å²) in [7, 11) is 2.20. The maximum absolute atomic E-state index is 3.57. The van der Waals surface area contributed by atoms with Gasteiger partial charge in [0.05, 0.1) is 0 Å². The number of benzene rings is 1. The zero-order valence-corrected chi connectivity index (χ0v) is 12.1. The predicted octanol–water partition coefficient (Wildman–Crippen LogP) is 2.11. The molecule has 2 rings (SSSR count). The number of thioether (sulfide) groups is 1. The van der Waals surface area contributed by atoms with Crippen molar-refractivity contribution in [2.75, 3.05) is 44.8 Å². The van der Waals surface area contributed by atoms with E-state index in [0.29, 0.717) is 6.04 Å². The molecule has 1 atom stereocenters. The van der Waals surface area contributed by atoms with Gasteiger partial charge in [-0.25, -0.2) is 0 Å². The van der Waals surface area contributed by atoms with Crippen LogP contribution in [0.2, 0.25) is 0 Å². The molecule has 1 aliphatic heterocycles. The van der Waals surface area contributed by atoms with E-state index in [-0.39, 0.29) is 0 Å². The third-order valence-corrected chi connectivity index (χ3v) is 4.11. The number of hydrogen-bond donors (Lipinski definition) is 2. The number of piperazine rings is 1. The Morgan fingerprint density at radius 2 is 2.17 bits per heavy atom. The molecule has 1 saturated heterocycles. The van der Waals surface area contributed by atoms with Crippen LogP contribution in [0, 0.1) is 0 Å². The molecule has 100 valence electrons. The molecular formula is C14H23N3S. The first-order valence-corrected chi connectivity index (χ1v) is 7.80. The Hall–Kier alpha value is -0.710. The lowest BCUT2D eigenvalue weighted by Gasteiger charge is -2.31. The third-order valence-electron chi connectivity index (χ3n) is 3.37. The van der Waals surface area contributed by atoms with Crippen LogP contribution in [0.4, 0.5) is 5.69 Å². The number of likely N-dealkylation sites (N-methyl/N-ethyl adjacent to an activating group) is 1. The highest BCUT2D eigenvalue weighted by atomic mass is 32.2. The molecular weight excluding hydrogens is 242 g/mol. The first kappa shape index (κ1) is 13.7. The summed E-state index contributed by atoms with van der Waals surface area (Å²) in [4.78, 5) is 3.71. The molecule has 18 heavy (non-hydrogen) atoms. The number of rotatable bonds is 5. The molecule has 1 aromatic rings. The fourth-order valence-electron chi connectivity index (χ4n) is 2.28. The number of anilines is 1. The third kappa shape index (κ3) is 4.19. The normalized spacial score (nSPS) is 20.9. The van der Waals surface area contributed by atoms with Gasteiger partial charge in [-0.2, -0.15) is 0 Å². The van der Waals surface area contributed by atoms with Crippen LogP contribution in [-0.2, 0) is 0 Å². The van der Waals surface area contributed by atoms with E-state index in [1.54, 1.807) is 11.8 Å². The van der Waals surface area contributed by atoms with E-state index in [0.717, 1.165) is 19.6 Å².